The highest BCUT2D eigenvalue weighted by molar-refractivity contribution is 7.89. The minimum absolute atomic E-state index is 0.140. The first-order valence-electron chi connectivity index (χ1n) is 8.13. The van der Waals surface area contributed by atoms with Crippen LogP contribution in [0.2, 0.25) is 5.02 Å². The number of nitrogens with zero attached hydrogens (tertiary/aromatic N) is 1. The molecule has 7 nitrogen and oxygen atoms in total. The molecule has 9 heteroatoms. The van der Waals surface area contributed by atoms with E-state index in [4.69, 9.17) is 22.1 Å². The molecule has 1 amide bonds. The Balaban J connectivity index is 2.24. The van der Waals surface area contributed by atoms with Gasteiger partial charge in [-0.3, -0.25) is 4.79 Å². The molecule has 1 aliphatic rings. The van der Waals surface area contributed by atoms with Gasteiger partial charge < -0.3 is 15.8 Å². The molecule has 0 spiro atoms. The molecule has 25 heavy (non-hydrogen) atoms. The van der Waals surface area contributed by atoms with Crippen molar-refractivity contribution >= 4 is 27.5 Å². The minimum atomic E-state index is -3.74. The quantitative estimate of drug-likeness (QED) is 0.759. The number of hydrogen-bond acceptors (Lipinski definition) is 5. The summed E-state index contributed by atoms with van der Waals surface area (Å²) >= 11 is 6.10. The van der Waals surface area contributed by atoms with Crippen LogP contribution < -0.4 is 15.8 Å². The fourth-order valence-corrected chi connectivity index (χ4v) is 4.99. The summed E-state index contributed by atoms with van der Waals surface area (Å²) in [5, 5.41) is 2.96. The van der Waals surface area contributed by atoms with Crippen LogP contribution in [-0.4, -0.2) is 51.9 Å². The van der Waals surface area contributed by atoms with E-state index >= 15 is 0 Å². The van der Waals surface area contributed by atoms with Crippen LogP contribution in [0.1, 0.15) is 18.4 Å². The van der Waals surface area contributed by atoms with Crippen molar-refractivity contribution in [3.05, 3.63) is 22.7 Å². The number of aryl methyl sites for hydroxylation is 1. The highest BCUT2D eigenvalue weighted by Crippen LogP contribution is 2.33. The first kappa shape index (κ1) is 20.0. The number of nitrogens with one attached hydrogen (secondary N) is 1. The molecule has 1 unspecified atom stereocenters. The average Bonchev–Trinajstić information content (AvgIpc) is 2.61. The molecular weight excluding hydrogens is 366 g/mol. The number of sulfonamides is 1. The van der Waals surface area contributed by atoms with Crippen molar-refractivity contribution in [1.82, 2.24) is 9.62 Å². The second kappa shape index (κ2) is 8.35. The Kier molecular flexibility index (Phi) is 6.67. The van der Waals surface area contributed by atoms with Gasteiger partial charge in [-0.2, -0.15) is 4.31 Å². The summed E-state index contributed by atoms with van der Waals surface area (Å²) in [4.78, 5) is 12.3. The summed E-state index contributed by atoms with van der Waals surface area (Å²) in [6.07, 6.45) is 1.29. The largest absolute Gasteiger partial charge is 0.495 e. The van der Waals surface area contributed by atoms with Crippen LogP contribution in [0.4, 0.5) is 0 Å². The predicted molar refractivity (Wildman–Crippen MR) is 96.3 cm³/mol. The lowest BCUT2D eigenvalue weighted by Gasteiger charge is -2.31. The van der Waals surface area contributed by atoms with E-state index in [2.05, 4.69) is 5.32 Å². The molecule has 1 aromatic rings. The van der Waals surface area contributed by atoms with Crippen LogP contribution in [0.3, 0.4) is 0 Å². The zero-order valence-electron chi connectivity index (χ0n) is 14.4. The van der Waals surface area contributed by atoms with Gasteiger partial charge in [0, 0.05) is 26.2 Å². The first-order chi connectivity index (χ1) is 11.8. The van der Waals surface area contributed by atoms with E-state index in [0.29, 0.717) is 43.8 Å². The number of halogens is 1. The molecule has 1 saturated heterocycles. The number of carbonyl (C=O) groups excluding carboxylic acids is 1. The van der Waals surface area contributed by atoms with Crippen LogP contribution in [0.5, 0.6) is 5.75 Å². The Morgan fingerprint density at radius 1 is 1.48 bits per heavy atom. The first-order valence-corrected chi connectivity index (χ1v) is 9.95. The monoisotopic (exact) mass is 389 g/mol. The second-order valence-corrected chi connectivity index (χ2v) is 8.35. The third kappa shape index (κ3) is 4.44. The summed E-state index contributed by atoms with van der Waals surface area (Å²) in [6.45, 7) is 2.97. The Morgan fingerprint density at radius 2 is 2.20 bits per heavy atom. The van der Waals surface area contributed by atoms with Gasteiger partial charge in [0.15, 0.2) is 0 Å². The Bertz CT molecular complexity index is 739. The fourth-order valence-electron chi connectivity index (χ4n) is 2.92. The maximum atomic E-state index is 13.0. The van der Waals surface area contributed by atoms with E-state index in [9.17, 15) is 13.2 Å². The number of hydrogen-bond donors (Lipinski definition) is 2. The smallest absolute Gasteiger partial charge is 0.243 e. The van der Waals surface area contributed by atoms with Crippen LogP contribution in [0, 0.1) is 12.8 Å². The molecule has 0 bridgehead atoms. The van der Waals surface area contributed by atoms with Gasteiger partial charge in [0.2, 0.25) is 15.9 Å². The third-order valence-electron chi connectivity index (χ3n) is 4.27. The number of amides is 1. The molecule has 0 radical (unpaired) electrons. The van der Waals surface area contributed by atoms with E-state index in [1.54, 1.807) is 13.0 Å². The number of methoxy groups -OCH3 is 1. The van der Waals surface area contributed by atoms with Crippen LogP contribution >= 0.6 is 11.6 Å². The van der Waals surface area contributed by atoms with Gasteiger partial charge in [-0.1, -0.05) is 11.6 Å². The summed E-state index contributed by atoms with van der Waals surface area (Å²) in [7, 11) is -2.26. The van der Waals surface area contributed by atoms with Gasteiger partial charge in [0.1, 0.15) is 5.75 Å². The molecule has 3 N–H and O–H groups in total. The minimum Gasteiger partial charge on any atom is -0.495 e. The third-order valence-corrected chi connectivity index (χ3v) is 6.57. The van der Waals surface area contributed by atoms with Crippen molar-refractivity contribution in [1.29, 1.82) is 0 Å². The molecule has 1 fully saturated rings. The fraction of sp³-hybridized carbons (Fsp3) is 0.562. The topological polar surface area (TPSA) is 102 Å². The summed E-state index contributed by atoms with van der Waals surface area (Å²) in [5.74, 6) is -0.102. The number of ether oxygens (including phenoxy) is 1. The SMILES string of the molecule is COc1cc(C)c(S(=O)(=O)N2CCCC(C(=O)NCCN)C2)cc1Cl. The highest BCUT2D eigenvalue weighted by Gasteiger charge is 2.34. The number of nitrogens with two attached hydrogens (primary N) is 1. The van der Waals surface area contributed by atoms with Crippen LogP contribution in [0.25, 0.3) is 0 Å². The van der Waals surface area contributed by atoms with Gasteiger partial charge in [-0.15, -0.1) is 0 Å². The van der Waals surface area contributed by atoms with E-state index in [0.717, 1.165) is 0 Å². The molecule has 2 rings (SSSR count). The normalized spacial score (nSPS) is 18.8. The number of carbonyl (C=O) groups is 1. The standard InChI is InChI=1S/C16H24ClN3O4S/c1-11-8-14(24-2)13(17)9-15(11)25(22,23)20-7-3-4-12(10-20)16(21)19-6-5-18/h8-9,12H,3-7,10,18H2,1-2H3,(H,19,21). The van der Waals surface area contributed by atoms with Gasteiger partial charge in [-0.05, 0) is 37.5 Å². The molecule has 1 heterocycles. The zero-order valence-corrected chi connectivity index (χ0v) is 16.0. The maximum absolute atomic E-state index is 13.0. The lowest BCUT2D eigenvalue weighted by atomic mass is 9.99. The van der Waals surface area contributed by atoms with Crippen molar-refractivity contribution in [3.63, 3.8) is 0 Å². The molecule has 1 aliphatic heterocycles. The molecule has 1 aromatic carbocycles. The van der Waals surface area contributed by atoms with Crippen molar-refractivity contribution in [2.45, 2.75) is 24.7 Å². The van der Waals surface area contributed by atoms with Crippen LogP contribution in [0.15, 0.2) is 17.0 Å². The van der Waals surface area contributed by atoms with Crippen molar-refractivity contribution in [2.24, 2.45) is 11.7 Å². The molecule has 0 saturated carbocycles. The Morgan fingerprint density at radius 3 is 2.84 bits per heavy atom. The molecule has 140 valence electrons. The average molecular weight is 390 g/mol. The maximum Gasteiger partial charge on any atom is 0.243 e. The predicted octanol–water partition coefficient (Wildman–Crippen LogP) is 1.13. The lowest BCUT2D eigenvalue weighted by molar-refractivity contribution is -0.126. The Hall–Kier alpha value is -1.35. The van der Waals surface area contributed by atoms with E-state index in [1.807, 2.05) is 0 Å². The zero-order chi connectivity index (χ0) is 18.6. The molecule has 0 aliphatic carbocycles. The lowest BCUT2D eigenvalue weighted by Crippen LogP contribution is -2.46. The summed E-state index contributed by atoms with van der Waals surface area (Å²) in [5.41, 5.74) is 5.94. The highest BCUT2D eigenvalue weighted by atomic mass is 35.5. The molecule has 0 aromatic heterocycles. The summed E-state index contributed by atoms with van der Waals surface area (Å²) in [6, 6.07) is 3.01. The van der Waals surface area contributed by atoms with Gasteiger partial charge >= 0.3 is 0 Å². The number of rotatable bonds is 6. The second-order valence-electron chi connectivity index (χ2n) is 6.03. The molecule has 1 atom stereocenters. The number of benzene rings is 1. The van der Waals surface area contributed by atoms with Crippen molar-refractivity contribution in [2.75, 3.05) is 33.3 Å². The molecular formula is C16H24ClN3O4S. The van der Waals surface area contributed by atoms with Gasteiger partial charge in [-0.25, -0.2) is 8.42 Å². The summed E-state index contributed by atoms with van der Waals surface area (Å²) < 4.78 is 32.5. The van der Waals surface area contributed by atoms with Crippen molar-refractivity contribution < 1.29 is 17.9 Å². The van der Waals surface area contributed by atoms with E-state index in [-0.39, 0.29) is 28.3 Å². The van der Waals surface area contributed by atoms with Crippen LogP contribution in [-0.2, 0) is 14.8 Å². The van der Waals surface area contributed by atoms with Gasteiger partial charge in [0.05, 0.1) is 22.9 Å². The number of piperidine rings is 1. The Labute approximate surface area is 153 Å². The van der Waals surface area contributed by atoms with E-state index in [1.165, 1.54) is 17.5 Å². The van der Waals surface area contributed by atoms with Gasteiger partial charge in [0.25, 0.3) is 0 Å². The van der Waals surface area contributed by atoms with Crippen molar-refractivity contribution in [3.8, 4) is 5.75 Å². The van der Waals surface area contributed by atoms with E-state index < -0.39 is 10.0 Å².